The van der Waals surface area contributed by atoms with Crippen molar-refractivity contribution >= 4 is 50.1 Å². The maximum atomic E-state index is 14.5. The number of amides is 3. The fraction of sp³-hybridized carbons (Fsp3) is 0.312. The molecule has 3 unspecified atom stereocenters. The predicted molar refractivity (Wildman–Crippen MR) is 171 cm³/mol. The van der Waals surface area contributed by atoms with Crippen molar-refractivity contribution in [2.24, 2.45) is 12.8 Å². The second-order valence-corrected chi connectivity index (χ2v) is 13.4. The average Bonchev–Trinajstić information content (AvgIpc) is 3.29. The highest BCUT2D eigenvalue weighted by Crippen LogP contribution is 2.33. The van der Waals surface area contributed by atoms with Crippen molar-refractivity contribution in [3.8, 4) is 0 Å². The number of primary amides is 1. The predicted octanol–water partition coefficient (Wildman–Crippen LogP) is 3.10. The van der Waals surface area contributed by atoms with Crippen LogP contribution in [-0.2, 0) is 37.9 Å². The molecule has 1 aliphatic heterocycles. The molecular formula is C32H35ClN6O5S. The van der Waals surface area contributed by atoms with Crippen LogP contribution in [0, 0.1) is 6.92 Å². The molecule has 3 amide bonds. The number of nitrogens with one attached hydrogen (secondary N) is 1. The van der Waals surface area contributed by atoms with Gasteiger partial charge in [-0.1, -0.05) is 66.2 Å². The number of nitrogens with zero attached hydrogens (tertiary/aromatic N) is 4. The molecule has 1 saturated heterocycles. The van der Waals surface area contributed by atoms with Crippen LogP contribution in [0.4, 0.5) is 0 Å². The van der Waals surface area contributed by atoms with Gasteiger partial charge >= 0.3 is 0 Å². The van der Waals surface area contributed by atoms with Crippen LogP contribution in [0.5, 0.6) is 0 Å². The third-order valence-corrected chi connectivity index (χ3v) is 9.79. The molecule has 0 bridgehead atoms. The van der Waals surface area contributed by atoms with Crippen LogP contribution in [0.2, 0.25) is 5.02 Å². The first-order valence-corrected chi connectivity index (χ1v) is 16.4. The van der Waals surface area contributed by atoms with E-state index < -0.39 is 52.4 Å². The van der Waals surface area contributed by atoms with E-state index in [0.717, 1.165) is 16.3 Å². The second kappa shape index (κ2) is 13.0. The summed E-state index contributed by atoms with van der Waals surface area (Å²) in [6.07, 6.45) is 1.85. The number of imidazole rings is 1. The Labute approximate surface area is 267 Å². The Morgan fingerprint density at radius 2 is 1.82 bits per heavy atom. The van der Waals surface area contributed by atoms with Crippen LogP contribution >= 0.6 is 11.6 Å². The molecule has 0 aliphatic carbocycles. The molecule has 45 heavy (non-hydrogen) atoms. The van der Waals surface area contributed by atoms with Gasteiger partial charge in [-0.3, -0.25) is 14.4 Å². The zero-order valence-corrected chi connectivity index (χ0v) is 26.8. The molecule has 0 spiro atoms. The molecule has 11 nitrogen and oxygen atoms in total. The summed E-state index contributed by atoms with van der Waals surface area (Å²) in [6.45, 7) is 2.99. The van der Waals surface area contributed by atoms with Gasteiger partial charge in [-0.15, -0.1) is 0 Å². The maximum absolute atomic E-state index is 14.5. The molecule has 1 aromatic heterocycles. The Hall–Kier alpha value is -4.26. The molecule has 2 heterocycles. The number of benzene rings is 3. The molecule has 0 radical (unpaired) electrons. The topological polar surface area (TPSA) is 148 Å². The lowest BCUT2D eigenvalue weighted by atomic mass is 9.96. The standard InChI is InChI=1S/C32H35ClN6O5S/c1-20-14-15-38(27(31(34)41)17-23-10-6-9-22-8-4-5-13-26(22)23)32(42)30(24-11-7-12-25(33)16-24)39(20)29(40)18-35-45(43,44)28-19-37(3)21(2)36-28/h4-13,16,19-20,27,30,35H,14-15,17-18H2,1-3H3,(H2,34,41). The first-order valence-electron chi connectivity index (χ1n) is 14.5. The summed E-state index contributed by atoms with van der Waals surface area (Å²) in [4.78, 5) is 48.2. The molecular weight excluding hydrogens is 616 g/mol. The highest BCUT2D eigenvalue weighted by molar-refractivity contribution is 7.89. The van der Waals surface area contributed by atoms with Crippen LogP contribution in [0.15, 0.2) is 78.0 Å². The van der Waals surface area contributed by atoms with Gasteiger partial charge < -0.3 is 20.1 Å². The Morgan fingerprint density at radius 3 is 2.51 bits per heavy atom. The summed E-state index contributed by atoms with van der Waals surface area (Å²) in [5.41, 5.74) is 7.24. The van der Waals surface area contributed by atoms with E-state index in [4.69, 9.17) is 17.3 Å². The Bertz CT molecular complexity index is 1850. The summed E-state index contributed by atoms with van der Waals surface area (Å²) in [5.74, 6) is -1.32. The zero-order valence-electron chi connectivity index (χ0n) is 25.2. The van der Waals surface area contributed by atoms with Gasteiger partial charge in [-0.05, 0) is 54.3 Å². The van der Waals surface area contributed by atoms with Gasteiger partial charge in [0.15, 0.2) is 5.03 Å². The third-order valence-electron chi connectivity index (χ3n) is 8.28. The van der Waals surface area contributed by atoms with Crippen LogP contribution < -0.4 is 10.5 Å². The van der Waals surface area contributed by atoms with Crippen LogP contribution in [0.1, 0.15) is 36.3 Å². The smallest absolute Gasteiger partial charge is 0.260 e. The molecule has 1 aliphatic rings. The highest BCUT2D eigenvalue weighted by atomic mass is 35.5. The summed E-state index contributed by atoms with van der Waals surface area (Å²) < 4.78 is 29.8. The molecule has 3 atom stereocenters. The second-order valence-electron chi connectivity index (χ2n) is 11.3. The van der Waals surface area contributed by atoms with E-state index in [0.29, 0.717) is 22.8 Å². The van der Waals surface area contributed by atoms with Crippen molar-refractivity contribution in [3.63, 3.8) is 0 Å². The van der Waals surface area contributed by atoms with Gasteiger partial charge in [0.25, 0.3) is 15.9 Å². The molecule has 236 valence electrons. The van der Waals surface area contributed by atoms with Crippen molar-refractivity contribution in [2.75, 3.05) is 13.1 Å². The number of aryl methyl sites for hydroxylation is 2. The summed E-state index contributed by atoms with van der Waals surface area (Å²) in [7, 11) is -2.46. The lowest BCUT2D eigenvalue weighted by Crippen LogP contribution is -2.53. The van der Waals surface area contributed by atoms with Gasteiger partial charge in [0, 0.05) is 37.3 Å². The fourth-order valence-electron chi connectivity index (χ4n) is 5.81. The van der Waals surface area contributed by atoms with Crippen molar-refractivity contribution < 1.29 is 22.8 Å². The van der Waals surface area contributed by atoms with E-state index in [2.05, 4.69) is 9.71 Å². The largest absolute Gasteiger partial charge is 0.368 e. The van der Waals surface area contributed by atoms with E-state index in [9.17, 15) is 22.8 Å². The Balaban J connectivity index is 1.49. The SMILES string of the molecule is Cc1nc(S(=O)(=O)NCC(=O)N2C(C)CCN(C(Cc3cccc4ccccc34)C(N)=O)C(=O)C2c2cccc(Cl)c2)cn1C. The number of rotatable bonds is 9. The number of sulfonamides is 1. The quantitative estimate of drug-likeness (QED) is 0.285. The highest BCUT2D eigenvalue weighted by Gasteiger charge is 2.43. The van der Waals surface area contributed by atoms with E-state index in [1.54, 1.807) is 49.7 Å². The van der Waals surface area contributed by atoms with Gasteiger partial charge in [0.2, 0.25) is 11.8 Å². The van der Waals surface area contributed by atoms with Crippen LogP contribution in [0.25, 0.3) is 10.8 Å². The number of fused-ring (bicyclic) bond motifs is 1. The number of nitrogens with two attached hydrogens (primary N) is 1. The molecule has 3 N–H and O–H groups in total. The molecule has 0 saturated carbocycles. The van der Waals surface area contributed by atoms with Gasteiger partial charge in [-0.25, -0.2) is 18.1 Å². The Kier molecular flexibility index (Phi) is 9.28. The third kappa shape index (κ3) is 6.73. The minimum absolute atomic E-state index is 0.151. The van der Waals surface area contributed by atoms with Crippen molar-refractivity contribution in [2.45, 2.75) is 49.8 Å². The first-order chi connectivity index (χ1) is 21.4. The van der Waals surface area contributed by atoms with E-state index >= 15 is 0 Å². The maximum Gasteiger partial charge on any atom is 0.260 e. The zero-order chi connectivity index (χ0) is 32.5. The van der Waals surface area contributed by atoms with E-state index in [1.165, 1.54) is 16.0 Å². The fourth-order valence-corrected chi connectivity index (χ4v) is 7.02. The van der Waals surface area contributed by atoms with Crippen molar-refractivity contribution in [1.29, 1.82) is 0 Å². The number of aromatic nitrogens is 2. The van der Waals surface area contributed by atoms with Crippen LogP contribution in [-0.4, -0.2) is 70.7 Å². The minimum atomic E-state index is -4.12. The van der Waals surface area contributed by atoms with Gasteiger partial charge in [0.05, 0.1) is 6.54 Å². The molecule has 4 aromatic rings. The van der Waals surface area contributed by atoms with Crippen molar-refractivity contribution in [3.05, 3.63) is 94.9 Å². The monoisotopic (exact) mass is 650 g/mol. The molecule has 3 aromatic carbocycles. The van der Waals surface area contributed by atoms with E-state index in [-0.39, 0.29) is 18.0 Å². The Morgan fingerprint density at radius 1 is 1.11 bits per heavy atom. The molecule has 5 rings (SSSR count). The van der Waals surface area contributed by atoms with Gasteiger partial charge in [-0.2, -0.15) is 0 Å². The van der Waals surface area contributed by atoms with Gasteiger partial charge in [0.1, 0.15) is 17.9 Å². The van der Waals surface area contributed by atoms with E-state index in [1.807, 2.05) is 42.5 Å². The normalized spacial score (nSPS) is 18.2. The number of halogens is 1. The molecule has 1 fully saturated rings. The van der Waals surface area contributed by atoms with Crippen LogP contribution in [0.3, 0.4) is 0 Å². The number of hydrogen-bond acceptors (Lipinski definition) is 6. The van der Waals surface area contributed by atoms with Crippen molar-refractivity contribution in [1.82, 2.24) is 24.1 Å². The lowest BCUT2D eigenvalue weighted by Gasteiger charge is -2.36. The number of hydrogen-bond donors (Lipinski definition) is 2. The number of carbonyl (C=O) groups is 3. The molecule has 13 heteroatoms. The lowest BCUT2D eigenvalue weighted by molar-refractivity contribution is -0.148. The number of carbonyl (C=O) groups excluding carboxylic acids is 3. The summed E-state index contributed by atoms with van der Waals surface area (Å²) in [6, 6.07) is 17.4. The summed E-state index contributed by atoms with van der Waals surface area (Å²) in [5, 5.41) is 2.07. The summed E-state index contributed by atoms with van der Waals surface area (Å²) >= 11 is 6.33. The first kappa shape index (κ1) is 32.1. The average molecular weight is 651 g/mol. The minimum Gasteiger partial charge on any atom is -0.368 e.